The van der Waals surface area contributed by atoms with Gasteiger partial charge in [0.05, 0.1) is 31.6 Å². The Hall–Kier alpha value is -3.59. The highest BCUT2D eigenvalue weighted by Gasteiger charge is 2.24. The predicted molar refractivity (Wildman–Crippen MR) is 108 cm³/mol. The van der Waals surface area contributed by atoms with Gasteiger partial charge in [-0.1, -0.05) is 4.98 Å². The van der Waals surface area contributed by atoms with Crippen molar-refractivity contribution < 1.29 is 14.1 Å². The second-order valence-corrected chi connectivity index (χ2v) is 6.64. The van der Waals surface area contributed by atoms with E-state index in [-0.39, 0.29) is 12.1 Å². The largest absolute Gasteiger partial charge is 0.439 e. The molecule has 0 aromatic carbocycles. The lowest BCUT2D eigenvalue weighted by atomic mass is 10.2. The Bertz CT molecular complexity index is 966. The fraction of sp³-hybridized carbons (Fsp3) is 0.250. The lowest BCUT2D eigenvalue weighted by Gasteiger charge is -2.32. The molecule has 2 amide bonds. The molecule has 2 N–H and O–H groups in total. The van der Waals surface area contributed by atoms with Gasteiger partial charge in [0.25, 0.3) is 0 Å². The quantitative estimate of drug-likeness (QED) is 0.660. The van der Waals surface area contributed by atoms with Crippen LogP contribution >= 0.6 is 0 Å². The zero-order valence-electron chi connectivity index (χ0n) is 16.0. The number of morpholine rings is 1. The molecule has 1 fully saturated rings. The lowest BCUT2D eigenvalue weighted by molar-refractivity contribution is -0.603. The summed E-state index contributed by atoms with van der Waals surface area (Å²) in [7, 11) is 0. The first-order valence-electron chi connectivity index (χ1n) is 9.36. The van der Waals surface area contributed by atoms with Crippen LogP contribution in [0.4, 0.5) is 22.0 Å². The Morgan fingerprint density at radius 3 is 2.55 bits per heavy atom. The summed E-state index contributed by atoms with van der Waals surface area (Å²) in [5.41, 5.74) is 1.33. The minimum absolute atomic E-state index is 0.266. The highest BCUT2D eigenvalue weighted by Crippen LogP contribution is 2.16. The molecule has 1 atom stereocenters. The molecule has 3 aromatic heterocycles. The number of urea groups is 1. The molecule has 148 valence electrons. The summed E-state index contributed by atoms with van der Waals surface area (Å²) in [4.78, 5) is 27.3. The second kappa shape index (κ2) is 8.61. The number of nitrogens with one attached hydrogen (secondary N) is 2. The topological polar surface area (TPSA) is 96.1 Å². The number of anilines is 3. The van der Waals surface area contributed by atoms with Gasteiger partial charge in [-0.15, -0.1) is 0 Å². The zero-order chi connectivity index (χ0) is 20.1. The summed E-state index contributed by atoms with van der Waals surface area (Å²) >= 11 is 0. The van der Waals surface area contributed by atoms with E-state index in [1.54, 1.807) is 47.4 Å². The van der Waals surface area contributed by atoms with E-state index in [9.17, 15) is 4.79 Å². The van der Waals surface area contributed by atoms with Crippen LogP contribution in [0.25, 0.3) is 5.95 Å². The van der Waals surface area contributed by atoms with Crippen LogP contribution in [0.15, 0.2) is 61.3 Å². The molecule has 0 bridgehead atoms. The molecule has 1 saturated heterocycles. The van der Waals surface area contributed by atoms with Crippen molar-refractivity contribution in [3.8, 4) is 5.95 Å². The summed E-state index contributed by atoms with van der Waals surface area (Å²) in [6, 6.07) is 8.87. The minimum Gasteiger partial charge on any atom is -0.377 e. The van der Waals surface area contributed by atoms with Crippen LogP contribution in [-0.4, -0.2) is 46.8 Å². The van der Waals surface area contributed by atoms with Crippen LogP contribution in [0.1, 0.15) is 6.92 Å². The van der Waals surface area contributed by atoms with E-state index >= 15 is 0 Å². The van der Waals surface area contributed by atoms with Crippen molar-refractivity contribution in [3.05, 3.63) is 61.3 Å². The monoisotopic (exact) mass is 392 g/mol. The summed E-state index contributed by atoms with van der Waals surface area (Å²) < 4.78 is 7.30. The minimum atomic E-state index is -0.325. The first-order chi connectivity index (χ1) is 14.2. The van der Waals surface area contributed by atoms with Crippen LogP contribution in [0.3, 0.4) is 0 Å². The molecule has 29 heavy (non-hydrogen) atoms. The number of pyridine rings is 2. The van der Waals surface area contributed by atoms with Crippen molar-refractivity contribution >= 4 is 23.2 Å². The summed E-state index contributed by atoms with van der Waals surface area (Å²) in [6.07, 6.45) is 8.61. The number of carbonyl (C=O) groups is 1. The molecule has 0 unspecified atom stereocenters. The van der Waals surface area contributed by atoms with Crippen molar-refractivity contribution in [1.82, 2.24) is 15.0 Å². The molecule has 4 rings (SSSR count). The van der Waals surface area contributed by atoms with E-state index in [1.165, 1.54) is 0 Å². The van der Waals surface area contributed by atoms with E-state index in [0.717, 1.165) is 12.4 Å². The molecule has 1 aliphatic rings. The van der Waals surface area contributed by atoms with Crippen molar-refractivity contribution in [2.24, 2.45) is 0 Å². The predicted octanol–water partition coefficient (Wildman–Crippen LogP) is 2.02. The van der Waals surface area contributed by atoms with Gasteiger partial charge in [0.2, 0.25) is 5.82 Å². The number of ether oxygens (including phenoxy) is 1. The average Bonchev–Trinajstić information content (AvgIpc) is 2.75. The number of rotatable bonds is 4. The van der Waals surface area contributed by atoms with E-state index in [0.29, 0.717) is 30.5 Å². The van der Waals surface area contributed by atoms with Gasteiger partial charge in [-0.3, -0.25) is 4.98 Å². The molecule has 3 aromatic rings. The van der Waals surface area contributed by atoms with Gasteiger partial charge in [0.1, 0.15) is 6.20 Å². The van der Waals surface area contributed by atoms with Crippen LogP contribution in [0.2, 0.25) is 0 Å². The molecule has 0 aliphatic carbocycles. The summed E-state index contributed by atoms with van der Waals surface area (Å²) in [5.74, 6) is 1.44. The average molecular weight is 392 g/mol. The molecule has 0 spiro atoms. The Kier molecular flexibility index (Phi) is 5.57. The van der Waals surface area contributed by atoms with E-state index in [2.05, 4.69) is 37.4 Å². The van der Waals surface area contributed by atoms with Gasteiger partial charge >= 0.3 is 12.0 Å². The Labute approximate surface area is 168 Å². The molecule has 9 nitrogen and oxygen atoms in total. The lowest BCUT2D eigenvalue weighted by Crippen LogP contribution is -2.44. The van der Waals surface area contributed by atoms with Gasteiger partial charge in [-0.25, -0.2) is 9.36 Å². The first kappa shape index (κ1) is 18.8. The van der Waals surface area contributed by atoms with Gasteiger partial charge in [-0.2, -0.15) is 0 Å². The highest BCUT2D eigenvalue weighted by atomic mass is 16.5. The van der Waals surface area contributed by atoms with Crippen LogP contribution < -0.4 is 20.1 Å². The van der Waals surface area contributed by atoms with Gasteiger partial charge in [0, 0.05) is 36.4 Å². The highest BCUT2D eigenvalue weighted by molar-refractivity contribution is 5.99. The third kappa shape index (κ3) is 4.64. The number of hydrogen-bond donors (Lipinski definition) is 2. The zero-order valence-corrected chi connectivity index (χ0v) is 16.0. The van der Waals surface area contributed by atoms with Crippen molar-refractivity contribution in [2.75, 3.05) is 35.3 Å². The maximum atomic E-state index is 12.1. The van der Waals surface area contributed by atoms with E-state index < -0.39 is 0 Å². The standard InChI is InChI=1S/C20H21N7O2/c1-15-14-29-13-12-27(15)18-4-9-22-19(25-18)26-10-5-17(6-11-26)24-20(28)23-16-2-7-21-8-3-16/h2-11,15H,12-14H2,1H3,(H,21,23,28)/p+1/t15-/m0/s1. The summed E-state index contributed by atoms with van der Waals surface area (Å²) in [5, 5.41) is 5.54. The number of hydrogen-bond acceptors (Lipinski definition) is 6. The van der Waals surface area contributed by atoms with Crippen LogP contribution in [-0.2, 0) is 4.74 Å². The van der Waals surface area contributed by atoms with E-state index in [4.69, 9.17) is 4.74 Å². The molecule has 0 radical (unpaired) electrons. The van der Waals surface area contributed by atoms with Gasteiger partial charge in [-0.05, 0) is 36.2 Å². The number of amides is 2. The maximum Gasteiger partial charge on any atom is 0.439 e. The van der Waals surface area contributed by atoms with Crippen molar-refractivity contribution in [3.63, 3.8) is 0 Å². The number of carbonyl (C=O) groups excluding carboxylic acids is 1. The second-order valence-electron chi connectivity index (χ2n) is 6.64. The van der Waals surface area contributed by atoms with Gasteiger partial charge < -0.3 is 20.3 Å². The van der Waals surface area contributed by atoms with Crippen LogP contribution in [0.5, 0.6) is 0 Å². The maximum absolute atomic E-state index is 12.1. The molecule has 0 saturated carbocycles. The number of nitrogens with zero attached hydrogens (tertiary/aromatic N) is 5. The Morgan fingerprint density at radius 2 is 1.83 bits per heavy atom. The molecule has 9 heteroatoms. The summed E-state index contributed by atoms with van der Waals surface area (Å²) in [6.45, 7) is 4.30. The fourth-order valence-corrected chi connectivity index (χ4v) is 3.06. The van der Waals surface area contributed by atoms with E-state index in [1.807, 2.05) is 18.5 Å². The Balaban J connectivity index is 1.44. The molecular formula is C20H22N7O2+. The SMILES string of the molecule is C[C@H]1COCCN1c1ccnc(-[n+]2ccc(NC(=O)Nc3ccncc3)cc2)n1. The fourth-order valence-electron chi connectivity index (χ4n) is 3.06. The molecule has 1 aliphatic heterocycles. The Morgan fingerprint density at radius 1 is 1.10 bits per heavy atom. The smallest absolute Gasteiger partial charge is 0.377 e. The van der Waals surface area contributed by atoms with Crippen molar-refractivity contribution in [1.29, 1.82) is 0 Å². The number of aromatic nitrogens is 4. The van der Waals surface area contributed by atoms with Gasteiger partial charge in [0.15, 0.2) is 0 Å². The first-order valence-corrected chi connectivity index (χ1v) is 9.36. The molecule has 4 heterocycles. The molecular weight excluding hydrogens is 370 g/mol. The third-order valence-corrected chi connectivity index (χ3v) is 4.55. The van der Waals surface area contributed by atoms with Crippen molar-refractivity contribution in [2.45, 2.75) is 13.0 Å². The third-order valence-electron chi connectivity index (χ3n) is 4.55. The van der Waals surface area contributed by atoms with Crippen LogP contribution in [0, 0.1) is 0 Å². The normalized spacial score (nSPS) is 16.3.